The fourth-order valence-electron chi connectivity index (χ4n) is 3.29. The van der Waals surface area contributed by atoms with E-state index in [1.54, 1.807) is 0 Å². The Morgan fingerprint density at radius 2 is 1.48 bits per heavy atom. The van der Waals surface area contributed by atoms with Crippen LogP contribution in [0, 0.1) is 0 Å². The van der Waals surface area contributed by atoms with Crippen molar-refractivity contribution < 1.29 is 42.5 Å². The maximum atomic E-state index is 11.7. The van der Waals surface area contributed by atoms with Crippen molar-refractivity contribution in [2.45, 2.75) is 70.1 Å². The second kappa shape index (κ2) is 10.7. The number of fused-ring (bicyclic) bond motifs is 1. The first-order valence-electron chi connectivity index (χ1n) is 8.98. The van der Waals surface area contributed by atoms with Gasteiger partial charge in [-0.1, -0.05) is 63.8 Å². The number of hydrogen-bond acceptors (Lipinski definition) is 3. The molecule has 5 heteroatoms. The second-order valence-corrected chi connectivity index (χ2v) is 7.77. The summed E-state index contributed by atoms with van der Waals surface area (Å²) in [6, 6.07) is 9.36. The predicted octanol–water partition coefficient (Wildman–Crippen LogP) is 2.21. The SMILES string of the molecule is CCCCCc1cccc2c(CCCCC)c(S(=O)(=O)[O-])ccc12.[Na+]. The van der Waals surface area contributed by atoms with Crippen LogP contribution in [0.2, 0.25) is 0 Å². The molecule has 0 bridgehead atoms. The molecule has 2 aromatic rings. The molecule has 0 aromatic heterocycles. The Balaban J connectivity index is 0.00000312. The maximum Gasteiger partial charge on any atom is 1.00 e. The van der Waals surface area contributed by atoms with Gasteiger partial charge in [-0.15, -0.1) is 0 Å². The molecule has 0 unspecified atom stereocenters. The first-order valence-corrected chi connectivity index (χ1v) is 10.4. The summed E-state index contributed by atoms with van der Waals surface area (Å²) in [5.41, 5.74) is 1.95. The fourth-order valence-corrected chi connectivity index (χ4v) is 4.04. The molecule has 0 heterocycles. The summed E-state index contributed by atoms with van der Waals surface area (Å²) >= 11 is 0. The molecule has 0 radical (unpaired) electrons. The minimum atomic E-state index is -4.45. The van der Waals surface area contributed by atoms with Crippen LogP contribution in [0.15, 0.2) is 35.2 Å². The van der Waals surface area contributed by atoms with Gasteiger partial charge in [-0.05, 0) is 53.6 Å². The van der Waals surface area contributed by atoms with Crippen LogP contribution in [-0.4, -0.2) is 13.0 Å². The quantitative estimate of drug-likeness (QED) is 0.386. The molecule has 0 aliphatic heterocycles. The number of rotatable bonds is 9. The van der Waals surface area contributed by atoms with Crippen molar-refractivity contribution in [3.63, 3.8) is 0 Å². The summed E-state index contributed by atoms with van der Waals surface area (Å²) in [6.45, 7) is 4.29. The second-order valence-electron chi connectivity index (χ2n) is 6.42. The van der Waals surface area contributed by atoms with Crippen LogP contribution >= 0.6 is 0 Å². The molecule has 0 aliphatic carbocycles. The summed E-state index contributed by atoms with van der Waals surface area (Å²) in [7, 11) is -4.45. The molecule has 0 spiro atoms. The predicted molar refractivity (Wildman–Crippen MR) is 98.4 cm³/mol. The van der Waals surface area contributed by atoms with Crippen LogP contribution in [0.25, 0.3) is 10.8 Å². The third-order valence-corrected chi connectivity index (χ3v) is 5.49. The van der Waals surface area contributed by atoms with E-state index in [9.17, 15) is 13.0 Å². The monoisotopic (exact) mass is 370 g/mol. The van der Waals surface area contributed by atoms with Crippen LogP contribution in [0.3, 0.4) is 0 Å². The van der Waals surface area contributed by atoms with E-state index in [-0.39, 0.29) is 34.5 Å². The Kier molecular flexibility index (Phi) is 9.68. The van der Waals surface area contributed by atoms with Gasteiger partial charge >= 0.3 is 29.6 Å². The smallest absolute Gasteiger partial charge is 0.744 e. The van der Waals surface area contributed by atoms with Gasteiger partial charge in [0.15, 0.2) is 0 Å². The van der Waals surface area contributed by atoms with Crippen molar-refractivity contribution >= 4 is 20.9 Å². The zero-order valence-electron chi connectivity index (χ0n) is 15.7. The van der Waals surface area contributed by atoms with E-state index in [1.165, 1.54) is 24.5 Å². The van der Waals surface area contributed by atoms with Crippen molar-refractivity contribution in [1.29, 1.82) is 0 Å². The molecule has 2 aromatic carbocycles. The van der Waals surface area contributed by atoms with E-state index in [0.29, 0.717) is 12.0 Å². The first kappa shape index (κ1) is 22.7. The molecular formula is C20H27NaO3S. The third-order valence-electron chi connectivity index (χ3n) is 4.57. The minimum absolute atomic E-state index is 0. The van der Waals surface area contributed by atoms with Crippen molar-refractivity contribution in [3.8, 4) is 0 Å². The Morgan fingerprint density at radius 1 is 0.840 bits per heavy atom. The summed E-state index contributed by atoms with van der Waals surface area (Å²) in [5, 5.41) is 2.02. The van der Waals surface area contributed by atoms with Crippen LogP contribution in [0.4, 0.5) is 0 Å². The minimum Gasteiger partial charge on any atom is -0.744 e. The average molecular weight is 370 g/mol. The van der Waals surface area contributed by atoms with Crippen molar-refractivity contribution in [3.05, 3.63) is 41.5 Å². The molecule has 25 heavy (non-hydrogen) atoms. The van der Waals surface area contributed by atoms with Gasteiger partial charge in [0.25, 0.3) is 0 Å². The van der Waals surface area contributed by atoms with Crippen LogP contribution < -0.4 is 29.6 Å². The molecule has 132 valence electrons. The van der Waals surface area contributed by atoms with E-state index < -0.39 is 10.1 Å². The molecule has 0 saturated heterocycles. The Morgan fingerprint density at radius 3 is 2.08 bits per heavy atom. The fraction of sp³-hybridized carbons (Fsp3) is 0.500. The Bertz CT molecular complexity index is 785. The standard InChI is InChI=1S/C20H28O3S.Na/c1-3-5-7-10-16-11-9-13-18-17(16)14-15-20(24(21,22)23)19(18)12-8-6-4-2;/h9,11,13-15H,3-8,10,12H2,1-2H3,(H,21,22,23);/q;+1/p-1. The summed E-state index contributed by atoms with van der Waals surface area (Å²) in [6.07, 6.45) is 8.11. The van der Waals surface area contributed by atoms with E-state index in [1.807, 2.05) is 18.2 Å². The van der Waals surface area contributed by atoms with Crippen LogP contribution in [-0.2, 0) is 23.0 Å². The number of hydrogen-bond donors (Lipinski definition) is 0. The average Bonchev–Trinajstić information content (AvgIpc) is 2.54. The molecule has 3 nitrogen and oxygen atoms in total. The molecule has 0 N–H and O–H groups in total. The summed E-state index contributed by atoms with van der Waals surface area (Å²) < 4.78 is 35.0. The number of benzene rings is 2. The van der Waals surface area contributed by atoms with E-state index >= 15 is 0 Å². The van der Waals surface area contributed by atoms with Crippen molar-refractivity contribution in [2.24, 2.45) is 0 Å². The molecule has 0 atom stereocenters. The van der Waals surface area contributed by atoms with Gasteiger partial charge in [-0.2, -0.15) is 0 Å². The van der Waals surface area contributed by atoms with Gasteiger partial charge in [0.2, 0.25) is 0 Å². The topological polar surface area (TPSA) is 57.2 Å². The third kappa shape index (κ3) is 6.07. The number of unbranched alkanes of at least 4 members (excludes halogenated alkanes) is 4. The Labute approximate surface area is 174 Å². The van der Waals surface area contributed by atoms with Gasteiger partial charge in [0.1, 0.15) is 10.1 Å². The molecule has 2 rings (SSSR count). The summed E-state index contributed by atoms with van der Waals surface area (Å²) in [4.78, 5) is -0.0446. The van der Waals surface area contributed by atoms with Gasteiger partial charge < -0.3 is 4.55 Å². The Hall–Kier alpha value is -0.390. The summed E-state index contributed by atoms with van der Waals surface area (Å²) in [5.74, 6) is 0. The maximum absolute atomic E-state index is 11.7. The molecule has 0 aliphatic rings. The van der Waals surface area contributed by atoms with E-state index in [2.05, 4.69) is 19.9 Å². The van der Waals surface area contributed by atoms with E-state index in [4.69, 9.17) is 0 Å². The van der Waals surface area contributed by atoms with Crippen LogP contribution in [0.1, 0.15) is 63.5 Å². The zero-order chi connectivity index (χ0) is 17.6. The zero-order valence-corrected chi connectivity index (χ0v) is 18.5. The molecule has 0 fully saturated rings. The van der Waals surface area contributed by atoms with Crippen LogP contribution in [0.5, 0.6) is 0 Å². The van der Waals surface area contributed by atoms with Gasteiger partial charge in [-0.25, -0.2) is 8.42 Å². The van der Waals surface area contributed by atoms with Gasteiger partial charge in [-0.3, -0.25) is 0 Å². The molecular weight excluding hydrogens is 343 g/mol. The largest absolute Gasteiger partial charge is 1.00 e. The van der Waals surface area contributed by atoms with Gasteiger partial charge in [0.05, 0.1) is 4.90 Å². The van der Waals surface area contributed by atoms with Gasteiger partial charge in [0, 0.05) is 0 Å². The molecule has 0 saturated carbocycles. The van der Waals surface area contributed by atoms with E-state index in [0.717, 1.165) is 42.9 Å². The molecule has 0 amide bonds. The van der Waals surface area contributed by atoms with Crippen molar-refractivity contribution in [2.75, 3.05) is 0 Å². The van der Waals surface area contributed by atoms with Crippen molar-refractivity contribution in [1.82, 2.24) is 0 Å². The first-order chi connectivity index (χ1) is 11.5. The number of aryl methyl sites for hydroxylation is 2. The normalized spacial score (nSPS) is 11.5.